The molecule has 0 atom stereocenters. The number of fused-ring (bicyclic) bond motifs is 1. The molecule has 1 aliphatic rings. The molecule has 0 saturated heterocycles. The summed E-state index contributed by atoms with van der Waals surface area (Å²) >= 11 is 1.57. The second-order valence-corrected chi connectivity index (χ2v) is 6.22. The van der Waals surface area contributed by atoms with Crippen LogP contribution in [0.4, 0.5) is 5.69 Å². The lowest BCUT2D eigenvalue weighted by Crippen LogP contribution is -2.17. The van der Waals surface area contributed by atoms with Gasteiger partial charge in [0.1, 0.15) is 5.75 Å². The lowest BCUT2D eigenvalue weighted by molar-refractivity contribution is 0.0984. The summed E-state index contributed by atoms with van der Waals surface area (Å²) in [5.41, 5.74) is 1.90. The fourth-order valence-corrected chi connectivity index (χ4v) is 3.62. The second-order valence-electron chi connectivity index (χ2n) is 5.12. The zero-order valence-electron chi connectivity index (χ0n) is 12.8. The van der Waals surface area contributed by atoms with Crippen LogP contribution < -0.4 is 10.1 Å². The van der Waals surface area contributed by atoms with E-state index in [0.717, 1.165) is 16.4 Å². The van der Waals surface area contributed by atoms with E-state index >= 15 is 0 Å². The highest BCUT2D eigenvalue weighted by Gasteiger charge is 2.23. The topological polar surface area (TPSA) is 55.4 Å². The first-order valence-corrected chi connectivity index (χ1v) is 8.51. The lowest BCUT2D eigenvalue weighted by Gasteiger charge is -2.17. The fraction of sp³-hybridized carbons (Fsp3) is 0.222. The molecule has 1 N–H and O–H groups in total. The summed E-state index contributed by atoms with van der Waals surface area (Å²) in [4.78, 5) is 25.3. The molecule has 4 nitrogen and oxygen atoms in total. The molecule has 1 heterocycles. The van der Waals surface area contributed by atoms with E-state index in [1.54, 1.807) is 42.1 Å². The highest BCUT2D eigenvalue weighted by atomic mass is 32.2. The lowest BCUT2D eigenvalue weighted by atomic mass is 10.0. The highest BCUT2D eigenvalue weighted by Crippen LogP contribution is 2.33. The van der Waals surface area contributed by atoms with Crippen molar-refractivity contribution in [3.05, 3.63) is 53.6 Å². The minimum atomic E-state index is -0.201. The number of benzene rings is 2. The number of rotatable bonds is 4. The Hall–Kier alpha value is -2.27. The van der Waals surface area contributed by atoms with Crippen LogP contribution in [0.25, 0.3) is 0 Å². The molecule has 0 aromatic heterocycles. The summed E-state index contributed by atoms with van der Waals surface area (Å²) in [6.45, 7) is 2.53. The third-order valence-corrected chi connectivity index (χ3v) is 4.70. The van der Waals surface area contributed by atoms with Crippen LogP contribution in [0.3, 0.4) is 0 Å². The molecule has 0 bridgehead atoms. The van der Waals surface area contributed by atoms with E-state index in [-0.39, 0.29) is 11.7 Å². The predicted octanol–water partition coefficient (Wildman–Crippen LogP) is 4.02. The van der Waals surface area contributed by atoms with E-state index in [2.05, 4.69) is 5.32 Å². The van der Waals surface area contributed by atoms with Gasteiger partial charge in [0, 0.05) is 28.3 Å². The number of ketones is 1. The Morgan fingerprint density at radius 2 is 2.00 bits per heavy atom. The number of thioether (sulfide) groups is 1. The minimum Gasteiger partial charge on any atom is -0.494 e. The summed E-state index contributed by atoms with van der Waals surface area (Å²) < 4.78 is 5.38. The van der Waals surface area contributed by atoms with Crippen molar-refractivity contribution in [1.82, 2.24) is 0 Å². The molecular formula is C18H17NO3S. The molecule has 3 rings (SSSR count). The largest absolute Gasteiger partial charge is 0.494 e. The van der Waals surface area contributed by atoms with Gasteiger partial charge in [-0.05, 0) is 37.3 Å². The van der Waals surface area contributed by atoms with Crippen LogP contribution in [0.15, 0.2) is 47.4 Å². The van der Waals surface area contributed by atoms with Gasteiger partial charge in [-0.2, -0.15) is 0 Å². The van der Waals surface area contributed by atoms with Crippen molar-refractivity contribution in [2.45, 2.75) is 18.2 Å². The number of carbonyl (C=O) groups excluding carboxylic acids is 2. The van der Waals surface area contributed by atoms with Crippen LogP contribution in [0.5, 0.6) is 5.75 Å². The molecule has 0 radical (unpaired) electrons. The number of Topliss-reactive ketones (excluding diaryl/α,β-unsaturated/α-hetero) is 1. The van der Waals surface area contributed by atoms with E-state index in [1.807, 2.05) is 19.1 Å². The van der Waals surface area contributed by atoms with E-state index in [4.69, 9.17) is 4.74 Å². The minimum absolute atomic E-state index is 0.106. The first kappa shape index (κ1) is 15.6. The van der Waals surface area contributed by atoms with Crippen molar-refractivity contribution in [1.29, 1.82) is 0 Å². The van der Waals surface area contributed by atoms with E-state index in [0.29, 0.717) is 29.8 Å². The molecule has 2 aromatic carbocycles. The summed E-state index contributed by atoms with van der Waals surface area (Å²) in [7, 11) is 0. The first-order chi connectivity index (χ1) is 11.2. The summed E-state index contributed by atoms with van der Waals surface area (Å²) in [6, 6.07) is 12.5. The van der Waals surface area contributed by atoms with Gasteiger partial charge in [0.2, 0.25) is 0 Å². The van der Waals surface area contributed by atoms with Crippen molar-refractivity contribution in [3.63, 3.8) is 0 Å². The second kappa shape index (κ2) is 6.87. The average Bonchev–Trinajstić information content (AvgIpc) is 2.57. The van der Waals surface area contributed by atoms with E-state index < -0.39 is 0 Å². The molecule has 23 heavy (non-hydrogen) atoms. The van der Waals surface area contributed by atoms with Crippen molar-refractivity contribution in [2.24, 2.45) is 0 Å². The highest BCUT2D eigenvalue weighted by molar-refractivity contribution is 7.99. The molecule has 1 aliphatic heterocycles. The number of hydrogen-bond donors (Lipinski definition) is 1. The number of ether oxygens (including phenoxy) is 1. The molecular weight excluding hydrogens is 310 g/mol. The van der Waals surface area contributed by atoms with Crippen molar-refractivity contribution >= 4 is 29.1 Å². The Balaban J connectivity index is 1.81. The Morgan fingerprint density at radius 3 is 2.74 bits per heavy atom. The van der Waals surface area contributed by atoms with E-state index in [9.17, 15) is 9.59 Å². The quantitative estimate of drug-likeness (QED) is 0.921. The molecule has 2 aromatic rings. The molecule has 0 aliphatic carbocycles. The van der Waals surface area contributed by atoms with Crippen molar-refractivity contribution in [3.8, 4) is 5.75 Å². The number of anilines is 1. The van der Waals surface area contributed by atoms with Gasteiger partial charge in [-0.3, -0.25) is 9.59 Å². The van der Waals surface area contributed by atoms with Gasteiger partial charge < -0.3 is 10.1 Å². The van der Waals surface area contributed by atoms with Crippen molar-refractivity contribution < 1.29 is 14.3 Å². The van der Waals surface area contributed by atoms with Crippen LogP contribution in [0.1, 0.15) is 34.1 Å². The number of carbonyl (C=O) groups is 2. The predicted molar refractivity (Wildman–Crippen MR) is 91.7 cm³/mol. The maximum absolute atomic E-state index is 12.5. The molecule has 118 valence electrons. The van der Waals surface area contributed by atoms with Gasteiger partial charge in [0.15, 0.2) is 5.78 Å². The van der Waals surface area contributed by atoms with Gasteiger partial charge in [-0.1, -0.05) is 12.1 Å². The van der Waals surface area contributed by atoms with E-state index in [1.165, 1.54) is 0 Å². The summed E-state index contributed by atoms with van der Waals surface area (Å²) in [5.74, 6) is 1.39. The first-order valence-electron chi connectivity index (χ1n) is 7.52. The van der Waals surface area contributed by atoms with Crippen LogP contribution >= 0.6 is 11.8 Å². The molecule has 0 unspecified atom stereocenters. The zero-order valence-corrected chi connectivity index (χ0v) is 13.6. The summed E-state index contributed by atoms with van der Waals surface area (Å²) in [5, 5.41) is 2.87. The maximum Gasteiger partial charge on any atom is 0.256 e. The van der Waals surface area contributed by atoms with Gasteiger partial charge in [-0.25, -0.2) is 0 Å². The monoisotopic (exact) mass is 327 g/mol. The Bertz CT molecular complexity index is 740. The molecule has 0 spiro atoms. The third-order valence-electron chi connectivity index (χ3n) is 3.56. The molecule has 0 saturated carbocycles. The van der Waals surface area contributed by atoms with Gasteiger partial charge in [0.25, 0.3) is 5.91 Å². The van der Waals surface area contributed by atoms with Crippen LogP contribution in [-0.2, 0) is 0 Å². The average molecular weight is 327 g/mol. The Morgan fingerprint density at radius 1 is 1.22 bits per heavy atom. The molecule has 0 fully saturated rings. The van der Waals surface area contributed by atoms with Crippen LogP contribution in [0, 0.1) is 0 Å². The van der Waals surface area contributed by atoms with Crippen LogP contribution in [-0.4, -0.2) is 24.1 Å². The van der Waals surface area contributed by atoms with Gasteiger partial charge >= 0.3 is 0 Å². The fourth-order valence-electron chi connectivity index (χ4n) is 2.47. The molecule has 5 heteroatoms. The van der Waals surface area contributed by atoms with Crippen LogP contribution in [0.2, 0.25) is 0 Å². The Labute approximate surface area is 139 Å². The maximum atomic E-state index is 12.5. The number of hydrogen-bond acceptors (Lipinski definition) is 4. The number of amides is 1. The smallest absolute Gasteiger partial charge is 0.256 e. The normalized spacial score (nSPS) is 13.3. The molecule has 1 amide bonds. The van der Waals surface area contributed by atoms with Gasteiger partial charge in [0.05, 0.1) is 12.2 Å². The number of nitrogens with one attached hydrogen (secondary N) is 1. The Kier molecular flexibility index (Phi) is 4.67. The third kappa shape index (κ3) is 3.40. The van der Waals surface area contributed by atoms with Gasteiger partial charge in [-0.15, -0.1) is 11.8 Å². The zero-order chi connectivity index (χ0) is 16.2. The summed E-state index contributed by atoms with van der Waals surface area (Å²) in [6.07, 6.45) is 0.529. The SMILES string of the molecule is CCOc1ccc(NC(=O)c2cccc3c2SCCC3=O)cc1. The van der Waals surface area contributed by atoms with Crippen molar-refractivity contribution in [2.75, 3.05) is 17.7 Å². The standard InChI is InChI=1S/C18H17NO3S/c1-2-22-13-8-6-12(7-9-13)19-18(21)15-5-3-4-14-16(20)10-11-23-17(14)15/h3-9H,2,10-11H2,1H3,(H,19,21).